The minimum Gasteiger partial charge on any atom is -0.496 e. The van der Waals surface area contributed by atoms with Crippen molar-refractivity contribution in [3.8, 4) is 17.2 Å². The molecule has 1 aromatic carbocycles. The van der Waals surface area contributed by atoms with Gasteiger partial charge in [0.05, 0.1) is 17.6 Å². The van der Waals surface area contributed by atoms with Gasteiger partial charge in [-0.2, -0.15) is 0 Å². The maximum atomic E-state index is 12.4. The molecule has 26 heavy (non-hydrogen) atoms. The molecule has 2 aromatic heterocycles. The Morgan fingerprint density at radius 1 is 1.23 bits per heavy atom. The molecular weight excluding hydrogens is 356 g/mol. The number of hydrogen-bond acceptors (Lipinski definition) is 7. The van der Waals surface area contributed by atoms with Crippen molar-refractivity contribution >= 4 is 10.0 Å². The summed E-state index contributed by atoms with van der Waals surface area (Å²) in [5.74, 6) is 1.33. The Kier molecular flexibility index (Phi) is 5.29. The van der Waals surface area contributed by atoms with Gasteiger partial charge in [0.25, 0.3) is 0 Å². The first-order valence-electron chi connectivity index (χ1n) is 7.86. The Morgan fingerprint density at radius 3 is 2.77 bits per heavy atom. The largest absolute Gasteiger partial charge is 0.496 e. The van der Waals surface area contributed by atoms with E-state index in [0.717, 1.165) is 5.56 Å². The molecule has 0 saturated carbocycles. The summed E-state index contributed by atoms with van der Waals surface area (Å²) in [6.45, 7) is 1.93. The first kappa shape index (κ1) is 18.0. The minimum absolute atomic E-state index is 0.141. The normalized spacial score (nSPS) is 11.5. The lowest BCUT2D eigenvalue weighted by Gasteiger charge is -2.09. The van der Waals surface area contributed by atoms with E-state index in [1.54, 1.807) is 50.7 Å². The smallest absolute Gasteiger partial charge is 0.249 e. The topological polar surface area (TPSA) is 107 Å². The van der Waals surface area contributed by atoms with E-state index in [1.807, 2.05) is 0 Å². The van der Waals surface area contributed by atoms with Gasteiger partial charge in [-0.3, -0.25) is 4.98 Å². The van der Waals surface area contributed by atoms with E-state index in [2.05, 4.69) is 19.9 Å². The Labute approximate surface area is 151 Å². The van der Waals surface area contributed by atoms with Gasteiger partial charge >= 0.3 is 0 Å². The molecule has 0 fully saturated rings. The monoisotopic (exact) mass is 374 g/mol. The van der Waals surface area contributed by atoms with Gasteiger partial charge in [0.2, 0.25) is 21.8 Å². The summed E-state index contributed by atoms with van der Waals surface area (Å²) in [4.78, 5) is 4.17. The van der Waals surface area contributed by atoms with Gasteiger partial charge in [-0.05, 0) is 42.8 Å². The Balaban J connectivity index is 1.62. The molecule has 0 amide bonds. The van der Waals surface area contributed by atoms with Crippen molar-refractivity contribution in [3.05, 3.63) is 54.2 Å². The molecule has 3 rings (SSSR count). The quantitative estimate of drug-likeness (QED) is 0.673. The zero-order valence-electron chi connectivity index (χ0n) is 14.3. The summed E-state index contributed by atoms with van der Waals surface area (Å²) in [5.41, 5.74) is 1.45. The van der Waals surface area contributed by atoms with Crippen LogP contribution in [-0.2, 0) is 16.4 Å². The lowest BCUT2D eigenvalue weighted by molar-refractivity contribution is 0.411. The van der Waals surface area contributed by atoms with E-state index in [9.17, 15) is 8.42 Å². The summed E-state index contributed by atoms with van der Waals surface area (Å²) in [6.07, 6.45) is 3.55. The van der Waals surface area contributed by atoms with Crippen molar-refractivity contribution in [2.45, 2.75) is 18.2 Å². The summed E-state index contributed by atoms with van der Waals surface area (Å²) >= 11 is 0. The molecule has 0 aliphatic rings. The molecule has 9 heteroatoms. The van der Waals surface area contributed by atoms with Crippen molar-refractivity contribution < 1.29 is 17.6 Å². The lowest BCUT2D eigenvalue weighted by Crippen LogP contribution is -2.26. The van der Waals surface area contributed by atoms with E-state index < -0.39 is 10.0 Å². The standard InChI is InChI=1S/C17H18N4O4S/c1-12-10-14(5-6-15(12)24-2)26(22,23)19-9-7-16-20-21-17(25-16)13-4-3-8-18-11-13/h3-6,8,10-11,19H,7,9H2,1-2H3. The van der Waals surface area contributed by atoms with E-state index in [0.29, 0.717) is 23.1 Å². The number of pyridine rings is 1. The van der Waals surface area contributed by atoms with E-state index in [-0.39, 0.29) is 17.9 Å². The van der Waals surface area contributed by atoms with Gasteiger partial charge in [-0.1, -0.05) is 0 Å². The van der Waals surface area contributed by atoms with Crippen LogP contribution >= 0.6 is 0 Å². The van der Waals surface area contributed by atoms with Crippen molar-refractivity contribution in [2.24, 2.45) is 0 Å². The summed E-state index contributed by atoms with van der Waals surface area (Å²) in [5, 5.41) is 7.87. The molecular formula is C17H18N4O4S. The van der Waals surface area contributed by atoms with Gasteiger partial charge in [-0.25, -0.2) is 13.1 Å². The molecule has 0 unspecified atom stereocenters. The van der Waals surface area contributed by atoms with Gasteiger partial charge in [0.15, 0.2) is 0 Å². The molecule has 0 atom stereocenters. The third-order valence-corrected chi connectivity index (χ3v) is 5.14. The number of ether oxygens (including phenoxy) is 1. The van der Waals surface area contributed by atoms with Crippen LogP contribution in [-0.4, -0.2) is 37.3 Å². The predicted octanol–water partition coefficient (Wildman–Crippen LogP) is 1.97. The number of aryl methyl sites for hydroxylation is 1. The number of hydrogen-bond donors (Lipinski definition) is 1. The second-order valence-electron chi connectivity index (χ2n) is 5.52. The number of sulfonamides is 1. The number of nitrogens with one attached hydrogen (secondary N) is 1. The van der Waals surface area contributed by atoms with Crippen molar-refractivity contribution in [3.63, 3.8) is 0 Å². The molecule has 0 radical (unpaired) electrons. The Hall–Kier alpha value is -2.78. The number of benzene rings is 1. The number of nitrogens with zero attached hydrogens (tertiary/aromatic N) is 3. The molecule has 136 valence electrons. The van der Waals surface area contributed by atoms with E-state index in [1.165, 1.54) is 6.07 Å². The Bertz CT molecular complexity index is 987. The van der Waals surface area contributed by atoms with Crippen LogP contribution in [0, 0.1) is 6.92 Å². The number of rotatable bonds is 7. The van der Waals surface area contributed by atoms with Crippen molar-refractivity contribution in [2.75, 3.05) is 13.7 Å². The SMILES string of the molecule is COc1ccc(S(=O)(=O)NCCc2nnc(-c3cccnc3)o2)cc1C. The van der Waals surface area contributed by atoms with Gasteiger partial charge in [0.1, 0.15) is 5.75 Å². The van der Waals surface area contributed by atoms with E-state index >= 15 is 0 Å². The minimum atomic E-state index is -3.63. The third-order valence-electron chi connectivity index (χ3n) is 3.68. The zero-order valence-corrected chi connectivity index (χ0v) is 15.2. The number of methoxy groups -OCH3 is 1. The fraction of sp³-hybridized carbons (Fsp3) is 0.235. The van der Waals surface area contributed by atoms with Crippen LogP contribution in [0.5, 0.6) is 5.75 Å². The van der Waals surface area contributed by atoms with Crippen LogP contribution in [0.25, 0.3) is 11.5 Å². The average molecular weight is 374 g/mol. The molecule has 0 bridgehead atoms. The fourth-order valence-corrected chi connectivity index (χ4v) is 3.47. The molecule has 0 aliphatic heterocycles. The maximum absolute atomic E-state index is 12.4. The zero-order chi connectivity index (χ0) is 18.6. The highest BCUT2D eigenvalue weighted by Crippen LogP contribution is 2.21. The third kappa shape index (κ3) is 4.06. The lowest BCUT2D eigenvalue weighted by atomic mass is 10.2. The molecule has 3 aromatic rings. The second-order valence-corrected chi connectivity index (χ2v) is 7.29. The van der Waals surface area contributed by atoms with Crippen LogP contribution in [0.15, 0.2) is 52.0 Å². The van der Waals surface area contributed by atoms with Crippen LogP contribution in [0.4, 0.5) is 0 Å². The average Bonchev–Trinajstić information content (AvgIpc) is 3.11. The summed E-state index contributed by atoms with van der Waals surface area (Å²) in [7, 11) is -2.09. The molecule has 2 heterocycles. The first-order chi connectivity index (χ1) is 12.5. The van der Waals surface area contributed by atoms with Crippen LogP contribution < -0.4 is 9.46 Å². The van der Waals surface area contributed by atoms with Crippen molar-refractivity contribution in [1.29, 1.82) is 0 Å². The predicted molar refractivity (Wildman–Crippen MR) is 94.2 cm³/mol. The molecule has 1 N–H and O–H groups in total. The Morgan fingerprint density at radius 2 is 2.08 bits per heavy atom. The van der Waals surface area contributed by atoms with Gasteiger partial charge < -0.3 is 9.15 Å². The molecule has 8 nitrogen and oxygen atoms in total. The van der Waals surface area contributed by atoms with Gasteiger partial charge in [0, 0.05) is 25.4 Å². The maximum Gasteiger partial charge on any atom is 0.249 e. The molecule has 0 spiro atoms. The van der Waals surface area contributed by atoms with Gasteiger partial charge in [-0.15, -0.1) is 10.2 Å². The van der Waals surface area contributed by atoms with E-state index in [4.69, 9.17) is 9.15 Å². The molecule has 0 saturated heterocycles. The summed E-state index contributed by atoms with van der Waals surface area (Å²) in [6, 6.07) is 8.26. The van der Waals surface area contributed by atoms with Crippen LogP contribution in [0.2, 0.25) is 0 Å². The molecule has 0 aliphatic carbocycles. The fourth-order valence-electron chi connectivity index (χ4n) is 2.35. The van der Waals surface area contributed by atoms with Crippen LogP contribution in [0.3, 0.4) is 0 Å². The first-order valence-corrected chi connectivity index (χ1v) is 9.35. The highest BCUT2D eigenvalue weighted by molar-refractivity contribution is 7.89. The highest BCUT2D eigenvalue weighted by atomic mass is 32.2. The number of aromatic nitrogens is 3. The van der Waals surface area contributed by atoms with Crippen molar-refractivity contribution in [1.82, 2.24) is 19.9 Å². The van der Waals surface area contributed by atoms with Crippen LogP contribution in [0.1, 0.15) is 11.5 Å². The second kappa shape index (κ2) is 7.63. The highest BCUT2D eigenvalue weighted by Gasteiger charge is 2.16. The summed E-state index contributed by atoms with van der Waals surface area (Å²) < 4.78 is 37.9.